The lowest BCUT2D eigenvalue weighted by Gasteiger charge is -2.10. The minimum atomic E-state index is 0.348. The van der Waals surface area contributed by atoms with E-state index in [4.69, 9.17) is 11.6 Å². The lowest BCUT2D eigenvalue weighted by atomic mass is 10.2. The number of pyridine rings is 1. The molecule has 1 aliphatic rings. The van der Waals surface area contributed by atoms with Crippen LogP contribution in [0.2, 0.25) is 5.15 Å². The molecule has 2 aromatic rings. The standard InChI is InChI=1S/C12H14ClN3/c1-8-4-2-6-10-11(13)15-12(16(8)10)9-5-3-7-14-9/h2,4,6,9,14H,3,5,7H2,1H3. The zero-order valence-electron chi connectivity index (χ0n) is 9.20. The third-order valence-corrected chi connectivity index (χ3v) is 3.49. The summed E-state index contributed by atoms with van der Waals surface area (Å²) in [5, 5.41) is 4.07. The molecule has 0 aromatic carbocycles. The molecular formula is C12H14ClN3. The molecule has 4 heteroatoms. The van der Waals surface area contributed by atoms with E-state index in [1.807, 2.05) is 12.1 Å². The largest absolute Gasteiger partial charge is 0.307 e. The van der Waals surface area contributed by atoms with Gasteiger partial charge in [-0.15, -0.1) is 0 Å². The third kappa shape index (κ3) is 1.43. The van der Waals surface area contributed by atoms with Crippen LogP contribution < -0.4 is 5.32 Å². The van der Waals surface area contributed by atoms with Crippen LogP contribution in [0, 0.1) is 6.92 Å². The Labute approximate surface area is 99.4 Å². The second-order valence-corrected chi connectivity index (χ2v) is 4.66. The molecule has 0 radical (unpaired) electrons. The molecule has 1 unspecified atom stereocenters. The molecule has 1 N–H and O–H groups in total. The summed E-state index contributed by atoms with van der Waals surface area (Å²) in [6, 6.07) is 6.47. The number of imidazole rings is 1. The minimum absolute atomic E-state index is 0.348. The highest BCUT2D eigenvalue weighted by Crippen LogP contribution is 2.28. The fourth-order valence-corrected chi connectivity index (χ4v) is 2.66. The molecule has 0 bridgehead atoms. The van der Waals surface area contributed by atoms with Gasteiger partial charge in [0.1, 0.15) is 5.82 Å². The molecule has 3 heterocycles. The molecule has 0 spiro atoms. The maximum absolute atomic E-state index is 6.17. The van der Waals surface area contributed by atoms with E-state index in [9.17, 15) is 0 Å². The molecule has 1 aliphatic heterocycles. The van der Waals surface area contributed by atoms with E-state index in [1.165, 1.54) is 12.1 Å². The van der Waals surface area contributed by atoms with Crippen molar-refractivity contribution in [2.24, 2.45) is 0 Å². The van der Waals surface area contributed by atoms with Gasteiger partial charge >= 0.3 is 0 Å². The SMILES string of the molecule is Cc1cccc2c(Cl)nc(C3CCCN3)n12. The Morgan fingerprint density at radius 1 is 1.50 bits per heavy atom. The number of nitrogens with one attached hydrogen (secondary N) is 1. The topological polar surface area (TPSA) is 29.3 Å². The summed E-state index contributed by atoms with van der Waals surface area (Å²) >= 11 is 6.17. The van der Waals surface area contributed by atoms with Crippen LogP contribution in [0.25, 0.3) is 5.52 Å². The van der Waals surface area contributed by atoms with Gasteiger partial charge in [0.05, 0.1) is 11.6 Å². The summed E-state index contributed by atoms with van der Waals surface area (Å²) < 4.78 is 2.16. The number of hydrogen-bond donors (Lipinski definition) is 1. The number of hydrogen-bond acceptors (Lipinski definition) is 2. The van der Waals surface area contributed by atoms with Crippen molar-refractivity contribution in [2.75, 3.05) is 6.54 Å². The van der Waals surface area contributed by atoms with E-state index in [2.05, 4.69) is 27.7 Å². The first-order valence-electron chi connectivity index (χ1n) is 5.64. The molecule has 1 saturated heterocycles. The van der Waals surface area contributed by atoms with Crippen LogP contribution >= 0.6 is 11.6 Å². The van der Waals surface area contributed by atoms with Gasteiger partial charge in [-0.25, -0.2) is 4.98 Å². The zero-order valence-corrected chi connectivity index (χ0v) is 9.96. The van der Waals surface area contributed by atoms with E-state index in [1.54, 1.807) is 0 Å². The van der Waals surface area contributed by atoms with Crippen molar-refractivity contribution in [2.45, 2.75) is 25.8 Å². The summed E-state index contributed by atoms with van der Waals surface area (Å²) in [4.78, 5) is 4.50. The number of aromatic nitrogens is 2. The van der Waals surface area contributed by atoms with Gasteiger partial charge in [0, 0.05) is 5.69 Å². The monoisotopic (exact) mass is 235 g/mol. The van der Waals surface area contributed by atoms with Crippen molar-refractivity contribution in [3.8, 4) is 0 Å². The summed E-state index contributed by atoms with van der Waals surface area (Å²) in [6.07, 6.45) is 2.35. The Hall–Kier alpha value is -1.06. The average molecular weight is 236 g/mol. The number of halogens is 1. The van der Waals surface area contributed by atoms with Crippen LogP contribution in [0.15, 0.2) is 18.2 Å². The van der Waals surface area contributed by atoms with Crippen molar-refractivity contribution < 1.29 is 0 Å². The first kappa shape index (κ1) is 10.1. The molecule has 84 valence electrons. The van der Waals surface area contributed by atoms with Crippen LogP contribution in [0.4, 0.5) is 0 Å². The van der Waals surface area contributed by atoms with Gasteiger partial charge in [-0.05, 0) is 38.4 Å². The summed E-state index contributed by atoms with van der Waals surface area (Å²) in [6.45, 7) is 3.16. The van der Waals surface area contributed by atoms with Crippen LogP contribution in [-0.2, 0) is 0 Å². The Morgan fingerprint density at radius 2 is 2.38 bits per heavy atom. The highest BCUT2D eigenvalue weighted by molar-refractivity contribution is 6.32. The lowest BCUT2D eigenvalue weighted by molar-refractivity contribution is 0.600. The maximum Gasteiger partial charge on any atom is 0.155 e. The van der Waals surface area contributed by atoms with Crippen LogP contribution in [0.3, 0.4) is 0 Å². The quantitative estimate of drug-likeness (QED) is 0.824. The molecule has 0 amide bonds. The van der Waals surface area contributed by atoms with E-state index in [0.717, 1.165) is 24.3 Å². The van der Waals surface area contributed by atoms with Crippen molar-refractivity contribution in [3.05, 3.63) is 34.9 Å². The molecule has 3 nitrogen and oxygen atoms in total. The molecular weight excluding hydrogens is 222 g/mol. The Balaban J connectivity index is 2.24. The average Bonchev–Trinajstić information content (AvgIpc) is 2.87. The highest BCUT2D eigenvalue weighted by atomic mass is 35.5. The molecule has 0 aliphatic carbocycles. The summed E-state index contributed by atoms with van der Waals surface area (Å²) in [5.74, 6) is 1.05. The number of rotatable bonds is 1. The van der Waals surface area contributed by atoms with Gasteiger partial charge in [0.25, 0.3) is 0 Å². The zero-order chi connectivity index (χ0) is 11.1. The molecule has 1 atom stereocenters. The van der Waals surface area contributed by atoms with Gasteiger partial charge in [0.15, 0.2) is 5.15 Å². The van der Waals surface area contributed by atoms with E-state index >= 15 is 0 Å². The van der Waals surface area contributed by atoms with Crippen LogP contribution in [0.1, 0.15) is 30.4 Å². The first-order valence-corrected chi connectivity index (χ1v) is 6.02. The predicted molar refractivity (Wildman–Crippen MR) is 64.9 cm³/mol. The van der Waals surface area contributed by atoms with Crippen molar-refractivity contribution in [3.63, 3.8) is 0 Å². The van der Waals surface area contributed by atoms with Gasteiger partial charge in [-0.1, -0.05) is 17.7 Å². The van der Waals surface area contributed by atoms with Crippen LogP contribution in [-0.4, -0.2) is 15.9 Å². The number of nitrogens with zero attached hydrogens (tertiary/aromatic N) is 2. The van der Waals surface area contributed by atoms with Gasteiger partial charge < -0.3 is 5.32 Å². The second kappa shape index (κ2) is 3.75. The van der Waals surface area contributed by atoms with E-state index in [-0.39, 0.29) is 0 Å². The normalized spacial score (nSPS) is 20.8. The number of aryl methyl sites for hydroxylation is 1. The first-order chi connectivity index (χ1) is 7.77. The number of fused-ring (bicyclic) bond motifs is 1. The van der Waals surface area contributed by atoms with Gasteiger partial charge in [-0.2, -0.15) is 0 Å². The molecule has 16 heavy (non-hydrogen) atoms. The Bertz CT molecular complexity index is 526. The van der Waals surface area contributed by atoms with Gasteiger partial charge in [-0.3, -0.25) is 4.40 Å². The molecule has 1 fully saturated rings. The molecule has 2 aromatic heterocycles. The molecule has 0 saturated carbocycles. The molecule has 3 rings (SSSR count). The highest BCUT2D eigenvalue weighted by Gasteiger charge is 2.22. The fourth-order valence-electron chi connectivity index (χ4n) is 2.43. The smallest absolute Gasteiger partial charge is 0.155 e. The fraction of sp³-hybridized carbons (Fsp3) is 0.417. The Kier molecular flexibility index (Phi) is 2.37. The van der Waals surface area contributed by atoms with Gasteiger partial charge in [0.2, 0.25) is 0 Å². The van der Waals surface area contributed by atoms with Crippen molar-refractivity contribution >= 4 is 17.1 Å². The third-order valence-electron chi connectivity index (χ3n) is 3.21. The van der Waals surface area contributed by atoms with Crippen molar-refractivity contribution in [1.82, 2.24) is 14.7 Å². The second-order valence-electron chi connectivity index (χ2n) is 4.30. The van der Waals surface area contributed by atoms with Crippen LogP contribution in [0.5, 0.6) is 0 Å². The summed E-state index contributed by atoms with van der Waals surface area (Å²) in [7, 11) is 0. The lowest BCUT2D eigenvalue weighted by Crippen LogP contribution is -2.16. The Morgan fingerprint density at radius 3 is 3.12 bits per heavy atom. The van der Waals surface area contributed by atoms with E-state index < -0.39 is 0 Å². The maximum atomic E-state index is 6.17. The summed E-state index contributed by atoms with van der Waals surface area (Å²) in [5.41, 5.74) is 2.19. The van der Waals surface area contributed by atoms with E-state index in [0.29, 0.717) is 11.2 Å². The minimum Gasteiger partial charge on any atom is -0.307 e. The van der Waals surface area contributed by atoms with Crippen molar-refractivity contribution in [1.29, 1.82) is 0 Å². The predicted octanol–water partition coefficient (Wildman–Crippen LogP) is 2.72.